The molecule has 63 heavy (non-hydrogen) atoms. The van der Waals surface area contributed by atoms with Gasteiger partial charge in [-0.25, -0.2) is 0 Å². The van der Waals surface area contributed by atoms with Gasteiger partial charge in [0.2, 0.25) is 0 Å². The van der Waals surface area contributed by atoms with Gasteiger partial charge in [0.05, 0.1) is 11.7 Å². The van der Waals surface area contributed by atoms with Gasteiger partial charge < -0.3 is 15.8 Å². The molecule has 1 fully saturated rings. The first kappa shape index (κ1) is 41.7. The van der Waals surface area contributed by atoms with Crippen LogP contribution in [0.25, 0.3) is 28.0 Å². The predicted molar refractivity (Wildman–Crippen MR) is 267 cm³/mol. The third-order valence-corrected chi connectivity index (χ3v) is 16.4. The molecule has 0 aromatic heterocycles. The fraction of sp³-hybridized carbons (Fsp3) is 0.400. The Morgan fingerprint density at radius 1 is 0.635 bits per heavy atom. The molecule has 1 atom stereocenters. The van der Waals surface area contributed by atoms with Crippen LogP contribution >= 0.6 is 0 Å². The van der Waals surface area contributed by atoms with E-state index in [1.807, 2.05) is 0 Å². The molecule has 3 nitrogen and oxygen atoms in total. The van der Waals surface area contributed by atoms with Gasteiger partial charge >= 0.3 is 0 Å². The second-order valence-electron chi connectivity index (χ2n) is 22.6. The summed E-state index contributed by atoms with van der Waals surface area (Å²) < 4.78 is 7.11. The molecule has 5 aromatic carbocycles. The van der Waals surface area contributed by atoms with Crippen molar-refractivity contribution >= 4 is 22.6 Å². The van der Waals surface area contributed by atoms with Crippen LogP contribution in [-0.4, -0.2) is 6.04 Å². The molecule has 1 heterocycles. The number of aryl methyl sites for hydroxylation is 1. The van der Waals surface area contributed by atoms with Crippen LogP contribution < -0.4 is 15.8 Å². The molecule has 0 radical (unpaired) electrons. The number of hydrogen-bond donors (Lipinski definition) is 2. The molecule has 3 heteroatoms. The number of benzene rings is 5. The van der Waals surface area contributed by atoms with Crippen molar-refractivity contribution in [2.75, 3.05) is 5.32 Å². The normalized spacial score (nSPS) is 21.6. The van der Waals surface area contributed by atoms with Crippen molar-refractivity contribution in [1.29, 1.82) is 0 Å². The summed E-state index contributed by atoms with van der Waals surface area (Å²) in [6, 6.07) is 32.7. The molecule has 324 valence electrons. The maximum absolute atomic E-state index is 7.58. The van der Waals surface area contributed by atoms with E-state index in [1.165, 1.54) is 89.9 Å². The minimum absolute atomic E-state index is 0.0301. The lowest BCUT2D eigenvalue weighted by molar-refractivity contribution is 0.330. The quantitative estimate of drug-likeness (QED) is 0.190. The monoisotopic (exact) mass is 833 g/mol. The number of rotatable bonds is 3. The summed E-state index contributed by atoms with van der Waals surface area (Å²) in [6.45, 7) is 31.0. The Kier molecular flexibility index (Phi) is 9.51. The van der Waals surface area contributed by atoms with Crippen molar-refractivity contribution in [3.63, 3.8) is 0 Å². The summed E-state index contributed by atoms with van der Waals surface area (Å²) in [5, 5.41) is 4.15. The van der Waals surface area contributed by atoms with Crippen LogP contribution in [-0.2, 0) is 28.1 Å². The van der Waals surface area contributed by atoms with Gasteiger partial charge in [-0.2, -0.15) is 0 Å². The third kappa shape index (κ3) is 6.74. The standard InChI is InChI=1S/C60H68N2O/c1-34-29-46-47(58(7,8)26-25-57(46,5)6)31-45(34)55(56(61)38-23-24-38)44-22-16-21-43-53-36(3)50(30-39-17-13-14-18-42(39)53)62-51-32-48-49(60(11,12)28-27-59(48,9)10)33-52(51)63-37(4)40-19-15-20-41(35(40)2)54(43)44/h13-22,29,31-33,38,50,62H,4,23-28,30,61H2,1-3,5-12H3/b56-55+. The van der Waals surface area contributed by atoms with Crippen LogP contribution in [0.1, 0.15) is 168 Å². The van der Waals surface area contributed by atoms with Gasteiger partial charge in [0.1, 0.15) is 5.76 Å². The molecular formula is C60H68N2O. The predicted octanol–water partition coefficient (Wildman–Crippen LogP) is 15.0. The van der Waals surface area contributed by atoms with Gasteiger partial charge in [0.15, 0.2) is 5.75 Å². The van der Waals surface area contributed by atoms with E-state index in [4.69, 9.17) is 17.0 Å². The summed E-state index contributed by atoms with van der Waals surface area (Å²) >= 11 is 0. The Balaban J connectivity index is 1.28. The fourth-order valence-electron chi connectivity index (χ4n) is 11.9. The van der Waals surface area contributed by atoms with Gasteiger partial charge in [-0.3, -0.25) is 0 Å². The van der Waals surface area contributed by atoms with E-state index in [9.17, 15) is 0 Å². The van der Waals surface area contributed by atoms with Gasteiger partial charge in [-0.1, -0.05) is 129 Å². The zero-order valence-electron chi connectivity index (χ0n) is 39.9. The van der Waals surface area contributed by atoms with E-state index < -0.39 is 0 Å². The van der Waals surface area contributed by atoms with E-state index >= 15 is 0 Å². The lowest BCUT2D eigenvalue weighted by Crippen LogP contribution is -2.34. The first-order valence-electron chi connectivity index (χ1n) is 23.8. The largest absolute Gasteiger partial charge is 0.455 e. The lowest BCUT2D eigenvalue weighted by Gasteiger charge is -2.42. The molecule has 0 spiro atoms. The molecule has 0 saturated heterocycles. The van der Waals surface area contributed by atoms with E-state index in [-0.39, 0.29) is 27.7 Å². The number of allylic oxidation sites excluding steroid dienone is 1. The Bertz CT molecular complexity index is 2830. The minimum atomic E-state index is 0.0301. The van der Waals surface area contributed by atoms with E-state index in [1.54, 1.807) is 0 Å². The first-order valence-corrected chi connectivity index (χ1v) is 23.8. The molecule has 5 aromatic rings. The second-order valence-corrected chi connectivity index (χ2v) is 22.6. The van der Waals surface area contributed by atoms with Crippen LogP contribution in [0.15, 0.2) is 103 Å². The van der Waals surface area contributed by atoms with Crippen LogP contribution in [0.4, 0.5) is 5.69 Å². The average Bonchev–Trinajstić information content (AvgIpc) is 4.09. The number of anilines is 1. The fourth-order valence-corrected chi connectivity index (χ4v) is 11.9. The van der Waals surface area contributed by atoms with E-state index in [0.717, 1.165) is 66.8 Å². The zero-order valence-corrected chi connectivity index (χ0v) is 39.9. The van der Waals surface area contributed by atoms with Gasteiger partial charge in [0.25, 0.3) is 0 Å². The third-order valence-electron chi connectivity index (χ3n) is 16.4. The summed E-state index contributed by atoms with van der Waals surface area (Å²) in [6.07, 6.45) is 7.76. The Labute approximate surface area is 378 Å². The number of nitrogens with two attached hydrogens (primary N) is 1. The van der Waals surface area contributed by atoms with Gasteiger partial charge in [-0.05, 0) is 195 Å². The first-order chi connectivity index (χ1) is 29.8. The highest BCUT2D eigenvalue weighted by molar-refractivity contribution is 6.01. The van der Waals surface area contributed by atoms with Crippen LogP contribution in [0, 0.1) is 19.8 Å². The van der Waals surface area contributed by atoms with Crippen LogP contribution in [0.2, 0.25) is 0 Å². The lowest BCUT2D eigenvalue weighted by atomic mass is 9.62. The molecule has 1 aliphatic heterocycles. The molecule has 10 rings (SSSR count). The maximum Gasteiger partial charge on any atom is 0.150 e. The zero-order chi connectivity index (χ0) is 44.5. The van der Waals surface area contributed by atoms with Gasteiger partial charge in [-0.15, -0.1) is 0 Å². The van der Waals surface area contributed by atoms with Crippen molar-refractivity contribution in [2.45, 2.75) is 149 Å². The highest BCUT2D eigenvalue weighted by atomic mass is 16.5. The smallest absolute Gasteiger partial charge is 0.150 e. The Morgan fingerprint density at radius 3 is 1.86 bits per heavy atom. The summed E-state index contributed by atoms with van der Waals surface area (Å²) in [5.74, 6) is 1.87. The van der Waals surface area contributed by atoms with Crippen molar-refractivity contribution in [1.82, 2.24) is 0 Å². The Morgan fingerprint density at radius 2 is 1.19 bits per heavy atom. The molecule has 4 bridgehead atoms. The van der Waals surface area contributed by atoms with Gasteiger partial charge in [0, 0.05) is 16.8 Å². The summed E-state index contributed by atoms with van der Waals surface area (Å²) in [7, 11) is 0. The van der Waals surface area contributed by atoms with Crippen molar-refractivity contribution in [2.24, 2.45) is 11.7 Å². The molecule has 1 unspecified atom stereocenters. The minimum Gasteiger partial charge on any atom is -0.455 e. The van der Waals surface area contributed by atoms with Crippen LogP contribution in [0.5, 0.6) is 5.75 Å². The van der Waals surface area contributed by atoms with Crippen LogP contribution in [0.3, 0.4) is 0 Å². The number of hydrogen-bond acceptors (Lipinski definition) is 3. The second kappa shape index (κ2) is 14.4. The highest BCUT2D eigenvalue weighted by Crippen LogP contribution is 2.53. The highest BCUT2D eigenvalue weighted by Gasteiger charge is 2.41. The molecule has 0 amide bonds. The number of ether oxygens (including phenoxy) is 1. The average molecular weight is 833 g/mol. The topological polar surface area (TPSA) is 47.3 Å². The van der Waals surface area contributed by atoms with Crippen molar-refractivity contribution in [3.8, 4) is 16.9 Å². The number of fused-ring (bicyclic) bond motifs is 11. The summed E-state index contributed by atoms with van der Waals surface area (Å²) in [5.41, 5.74) is 31.7. The number of nitrogens with one attached hydrogen (secondary N) is 1. The molecule has 3 N–H and O–H groups in total. The maximum atomic E-state index is 7.58. The Hall–Kier alpha value is -5.28. The molecular weight excluding hydrogens is 765 g/mol. The van der Waals surface area contributed by atoms with Crippen molar-refractivity contribution in [3.05, 3.63) is 170 Å². The summed E-state index contributed by atoms with van der Waals surface area (Å²) in [4.78, 5) is 0. The molecule has 1 saturated carbocycles. The molecule has 4 aliphatic carbocycles. The van der Waals surface area contributed by atoms with E-state index in [0.29, 0.717) is 11.7 Å². The molecule has 5 aliphatic rings. The van der Waals surface area contributed by atoms with Crippen molar-refractivity contribution < 1.29 is 4.74 Å². The van der Waals surface area contributed by atoms with E-state index in [2.05, 4.69) is 166 Å². The SMILES string of the molecule is C=C1Oc2cc3c(cc2NC2Cc4ccccc4C(=C2C)c2cccc(/C(=C(\N)C4CC4)c4cc5c(cc4C)C(C)(C)CCC5(C)C)c2-c2cccc1c2C)C(C)(C)CCC3(C)C.